The normalized spacial score (nSPS) is 16.2. The largest absolute Gasteiger partial charge is 0.332 e. The van der Waals surface area contributed by atoms with E-state index in [4.69, 9.17) is 0 Å². The fourth-order valence-corrected chi connectivity index (χ4v) is 3.49. The fraction of sp³-hybridized carbons (Fsp3) is 0.368. The summed E-state index contributed by atoms with van der Waals surface area (Å²) in [6.45, 7) is 8.06. The molecule has 1 aromatic carbocycles. The minimum absolute atomic E-state index is 0.120. The average Bonchev–Trinajstić information content (AvgIpc) is 3.03. The van der Waals surface area contributed by atoms with E-state index in [0.717, 1.165) is 22.4 Å². The molecule has 0 amide bonds. The molecule has 8 nitrogen and oxygen atoms in total. The van der Waals surface area contributed by atoms with Gasteiger partial charge in [-0.15, -0.1) is 0 Å². The van der Waals surface area contributed by atoms with E-state index in [1.807, 2.05) is 50.5 Å². The van der Waals surface area contributed by atoms with E-state index >= 15 is 0 Å². The summed E-state index contributed by atoms with van der Waals surface area (Å²) in [5.74, 6) is 0.472. The van der Waals surface area contributed by atoms with Crippen LogP contribution in [0.4, 0.5) is 5.95 Å². The minimum atomic E-state index is -0.380. The molecule has 1 N–H and O–H groups in total. The van der Waals surface area contributed by atoms with Gasteiger partial charge in [0.05, 0.1) is 18.3 Å². The Morgan fingerprint density at radius 3 is 2.67 bits per heavy atom. The van der Waals surface area contributed by atoms with E-state index in [-0.39, 0.29) is 23.8 Å². The van der Waals surface area contributed by atoms with Gasteiger partial charge >= 0.3 is 5.69 Å². The summed E-state index contributed by atoms with van der Waals surface area (Å²) in [5, 5.41) is 4.23. The number of fused-ring (bicyclic) bond motifs is 3. The van der Waals surface area contributed by atoms with E-state index in [1.54, 1.807) is 7.05 Å². The maximum absolute atomic E-state index is 13.3. The molecule has 8 heteroatoms. The number of imidazole rings is 1. The summed E-state index contributed by atoms with van der Waals surface area (Å²) in [4.78, 5) is 30.6. The number of hydrazone groups is 1. The van der Waals surface area contributed by atoms with Gasteiger partial charge in [0.15, 0.2) is 11.2 Å². The molecule has 0 saturated heterocycles. The SMILES string of the molecule is CC1=NNc2nc3c(c(=O)n(Cc4cc(C)ccc4C)c(=O)n3C)n2[C@@H]1C. The Hall–Kier alpha value is -3.16. The third-order valence-electron chi connectivity index (χ3n) is 5.33. The number of nitrogens with zero attached hydrogens (tertiary/aromatic N) is 5. The summed E-state index contributed by atoms with van der Waals surface area (Å²) in [6, 6.07) is 5.92. The second kappa shape index (κ2) is 5.94. The van der Waals surface area contributed by atoms with Crippen molar-refractivity contribution in [3.63, 3.8) is 0 Å². The molecular formula is C19H22N6O2. The highest BCUT2D eigenvalue weighted by atomic mass is 16.2. The van der Waals surface area contributed by atoms with Gasteiger partial charge in [0, 0.05) is 7.05 Å². The predicted octanol–water partition coefficient (Wildman–Crippen LogP) is 1.92. The molecular weight excluding hydrogens is 344 g/mol. The Bertz CT molecular complexity index is 1230. The number of aromatic nitrogens is 4. The zero-order valence-corrected chi connectivity index (χ0v) is 16.1. The van der Waals surface area contributed by atoms with Gasteiger partial charge in [0.1, 0.15) is 0 Å². The molecule has 0 bridgehead atoms. The first kappa shape index (κ1) is 17.3. The monoisotopic (exact) mass is 366 g/mol. The number of hydrogen-bond donors (Lipinski definition) is 1. The summed E-state index contributed by atoms with van der Waals surface area (Å²) in [6.07, 6.45) is 0. The van der Waals surface area contributed by atoms with Crippen LogP contribution in [-0.2, 0) is 13.6 Å². The average molecular weight is 366 g/mol. The lowest BCUT2D eigenvalue weighted by atomic mass is 10.1. The van der Waals surface area contributed by atoms with Gasteiger partial charge in [0.2, 0.25) is 5.95 Å². The zero-order chi connectivity index (χ0) is 19.5. The fourth-order valence-electron chi connectivity index (χ4n) is 3.49. The van der Waals surface area contributed by atoms with Crippen LogP contribution < -0.4 is 16.7 Å². The summed E-state index contributed by atoms with van der Waals surface area (Å²) >= 11 is 0. The summed E-state index contributed by atoms with van der Waals surface area (Å²) in [5.41, 5.74) is 6.86. The number of rotatable bonds is 2. The lowest BCUT2D eigenvalue weighted by molar-refractivity contribution is 0.643. The van der Waals surface area contributed by atoms with Crippen molar-refractivity contribution >= 4 is 22.8 Å². The van der Waals surface area contributed by atoms with E-state index in [1.165, 1.54) is 9.13 Å². The van der Waals surface area contributed by atoms with Crippen molar-refractivity contribution in [1.82, 2.24) is 18.7 Å². The summed E-state index contributed by atoms with van der Waals surface area (Å²) in [7, 11) is 1.64. The highest BCUT2D eigenvalue weighted by Crippen LogP contribution is 2.25. The maximum Gasteiger partial charge on any atom is 0.332 e. The molecule has 27 heavy (non-hydrogen) atoms. The van der Waals surface area contributed by atoms with Crippen LogP contribution in [0.15, 0.2) is 32.9 Å². The van der Waals surface area contributed by atoms with Gasteiger partial charge < -0.3 is 0 Å². The molecule has 0 saturated carbocycles. The first-order valence-electron chi connectivity index (χ1n) is 8.87. The molecule has 3 heterocycles. The van der Waals surface area contributed by atoms with E-state index in [9.17, 15) is 9.59 Å². The van der Waals surface area contributed by atoms with Gasteiger partial charge in [0.25, 0.3) is 5.56 Å². The first-order valence-corrected chi connectivity index (χ1v) is 8.87. The summed E-state index contributed by atoms with van der Waals surface area (Å²) < 4.78 is 4.53. The van der Waals surface area contributed by atoms with Crippen molar-refractivity contribution in [2.24, 2.45) is 12.1 Å². The smallest absolute Gasteiger partial charge is 0.294 e. The lowest BCUT2D eigenvalue weighted by Gasteiger charge is -2.21. The molecule has 1 aliphatic heterocycles. The van der Waals surface area contributed by atoms with Crippen LogP contribution in [0.1, 0.15) is 36.6 Å². The Labute approximate surface area is 155 Å². The predicted molar refractivity (Wildman–Crippen MR) is 106 cm³/mol. The molecule has 0 radical (unpaired) electrons. The Kier molecular flexibility index (Phi) is 3.80. The van der Waals surface area contributed by atoms with Crippen molar-refractivity contribution in [2.75, 3.05) is 5.43 Å². The third-order valence-corrected chi connectivity index (χ3v) is 5.33. The van der Waals surface area contributed by atoms with Gasteiger partial charge in [-0.1, -0.05) is 23.8 Å². The van der Waals surface area contributed by atoms with Crippen LogP contribution in [0.25, 0.3) is 11.2 Å². The van der Waals surface area contributed by atoms with Crippen LogP contribution in [0, 0.1) is 13.8 Å². The molecule has 1 aliphatic rings. The highest BCUT2D eigenvalue weighted by Gasteiger charge is 2.26. The van der Waals surface area contributed by atoms with Crippen LogP contribution in [0.5, 0.6) is 0 Å². The third kappa shape index (κ3) is 2.51. The Morgan fingerprint density at radius 2 is 1.93 bits per heavy atom. The number of nitrogens with one attached hydrogen (secondary N) is 1. The maximum atomic E-state index is 13.3. The van der Waals surface area contributed by atoms with E-state index < -0.39 is 0 Å². The van der Waals surface area contributed by atoms with Crippen molar-refractivity contribution in [3.8, 4) is 0 Å². The topological polar surface area (TPSA) is 86.2 Å². The Morgan fingerprint density at radius 1 is 1.19 bits per heavy atom. The molecule has 0 unspecified atom stereocenters. The van der Waals surface area contributed by atoms with Gasteiger partial charge in [-0.3, -0.25) is 18.5 Å². The van der Waals surface area contributed by atoms with Gasteiger partial charge in [-0.25, -0.2) is 10.2 Å². The number of benzene rings is 1. The molecule has 140 valence electrons. The molecule has 0 fully saturated rings. The molecule has 4 rings (SSSR count). The quantitative estimate of drug-likeness (QED) is 0.751. The zero-order valence-electron chi connectivity index (χ0n) is 16.1. The number of hydrogen-bond acceptors (Lipinski definition) is 5. The van der Waals surface area contributed by atoms with Crippen LogP contribution in [-0.4, -0.2) is 24.4 Å². The van der Waals surface area contributed by atoms with Crippen molar-refractivity contribution in [1.29, 1.82) is 0 Å². The molecule has 2 aromatic heterocycles. The van der Waals surface area contributed by atoms with Crippen molar-refractivity contribution in [2.45, 2.75) is 40.3 Å². The lowest BCUT2D eigenvalue weighted by Crippen LogP contribution is -2.40. The highest BCUT2D eigenvalue weighted by molar-refractivity contribution is 5.90. The van der Waals surface area contributed by atoms with E-state index in [0.29, 0.717) is 17.1 Å². The van der Waals surface area contributed by atoms with Crippen molar-refractivity contribution in [3.05, 3.63) is 55.7 Å². The first-order chi connectivity index (χ1) is 12.8. The van der Waals surface area contributed by atoms with Crippen LogP contribution in [0.3, 0.4) is 0 Å². The second-order valence-corrected chi connectivity index (χ2v) is 7.18. The van der Waals surface area contributed by atoms with E-state index in [2.05, 4.69) is 15.5 Å². The van der Waals surface area contributed by atoms with Gasteiger partial charge in [-0.2, -0.15) is 10.1 Å². The number of aryl methyl sites for hydroxylation is 3. The molecule has 0 aliphatic carbocycles. The molecule has 1 atom stereocenters. The van der Waals surface area contributed by atoms with Crippen LogP contribution >= 0.6 is 0 Å². The van der Waals surface area contributed by atoms with Crippen LogP contribution in [0.2, 0.25) is 0 Å². The number of anilines is 1. The molecule has 3 aromatic rings. The van der Waals surface area contributed by atoms with Gasteiger partial charge in [-0.05, 0) is 38.8 Å². The minimum Gasteiger partial charge on any atom is -0.294 e. The molecule has 0 spiro atoms. The van der Waals surface area contributed by atoms with Crippen molar-refractivity contribution < 1.29 is 0 Å². The Balaban J connectivity index is 1.99. The second-order valence-electron chi connectivity index (χ2n) is 7.18. The standard InChI is InChI=1S/C19H22N6O2/c1-10-6-7-11(2)14(8-10)9-24-17(26)15-16(23(5)19(24)27)20-18-22-21-12(3)13(4)25(15)18/h6-8,13H,9H2,1-5H3,(H,20,22)/t13-/m1/s1.